The first-order valence-electron chi connectivity index (χ1n) is 6.53. The number of aliphatic hydroxyl groups is 1. The Morgan fingerprint density at radius 2 is 2.39 bits per heavy atom. The SMILES string of the molecule is CCC(O)CCNCC1Cc2cc(Cl)ccc2O1. The van der Waals surface area contributed by atoms with E-state index in [4.69, 9.17) is 16.3 Å². The fourth-order valence-corrected chi connectivity index (χ4v) is 2.33. The molecule has 2 unspecified atom stereocenters. The molecule has 1 aromatic rings. The van der Waals surface area contributed by atoms with Gasteiger partial charge in [0.15, 0.2) is 0 Å². The number of hydrogen-bond donors (Lipinski definition) is 2. The van der Waals surface area contributed by atoms with Gasteiger partial charge in [-0.2, -0.15) is 0 Å². The minimum atomic E-state index is -0.196. The third kappa shape index (κ3) is 3.61. The highest BCUT2D eigenvalue weighted by atomic mass is 35.5. The Labute approximate surface area is 113 Å². The Bertz CT molecular complexity index is 397. The van der Waals surface area contributed by atoms with Crippen LogP contribution in [-0.4, -0.2) is 30.4 Å². The highest BCUT2D eigenvalue weighted by Gasteiger charge is 2.22. The quantitative estimate of drug-likeness (QED) is 0.780. The van der Waals surface area contributed by atoms with Crippen LogP contribution in [0.4, 0.5) is 0 Å². The van der Waals surface area contributed by atoms with Crippen molar-refractivity contribution in [2.45, 2.75) is 38.4 Å². The van der Waals surface area contributed by atoms with Gasteiger partial charge in [0.25, 0.3) is 0 Å². The summed E-state index contributed by atoms with van der Waals surface area (Å²) < 4.78 is 5.81. The molecule has 1 aliphatic rings. The summed E-state index contributed by atoms with van der Waals surface area (Å²) in [5.74, 6) is 0.944. The second-order valence-corrected chi connectivity index (χ2v) is 5.19. The van der Waals surface area contributed by atoms with Gasteiger partial charge < -0.3 is 15.2 Å². The Balaban J connectivity index is 1.71. The lowest BCUT2D eigenvalue weighted by Gasteiger charge is -2.13. The molecule has 2 rings (SSSR count). The van der Waals surface area contributed by atoms with Gasteiger partial charge >= 0.3 is 0 Å². The topological polar surface area (TPSA) is 41.5 Å². The second-order valence-electron chi connectivity index (χ2n) is 4.75. The Kier molecular flexibility index (Phi) is 4.87. The molecule has 0 saturated carbocycles. The van der Waals surface area contributed by atoms with Crippen LogP contribution in [0, 0.1) is 0 Å². The van der Waals surface area contributed by atoms with E-state index in [0.717, 1.165) is 43.1 Å². The van der Waals surface area contributed by atoms with E-state index in [9.17, 15) is 5.11 Å². The molecule has 0 radical (unpaired) electrons. The van der Waals surface area contributed by atoms with Gasteiger partial charge in [0.05, 0.1) is 6.10 Å². The Hall–Kier alpha value is -0.770. The minimum Gasteiger partial charge on any atom is -0.488 e. The number of hydrogen-bond acceptors (Lipinski definition) is 3. The van der Waals surface area contributed by atoms with Crippen molar-refractivity contribution in [2.75, 3.05) is 13.1 Å². The molecular formula is C14H20ClNO2. The smallest absolute Gasteiger partial charge is 0.123 e. The zero-order valence-electron chi connectivity index (χ0n) is 10.7. The molecule has 2 atom stereocenters. The molecule has 0 bridgehead atoms. The van der Waals surface area contributed by atoms with E-state index in [0.29, 0.717) is 0 Å². The molecular weight excluding hydrogens is 250 g/mol. The van der Waals surface area contributed by atoms with E-state index < -0.39 is 0 Å². The summed E-state index contributed by atoms with van der Waals surface area (Å²) in [5.41, 5.74) is 1.18. The van der Waals surface area contributed by atoms with E-state index in [1.54, 1.807) is 0 Å². The summed E-state index contributed by atoms with van der Waals surface area (Å²) in [6.07, 6.45) is 2.49. The molecule has 0 aromatic heterocycles. The Morgan fingerprint density at radius 3 is 3.17 bits per heavy atom. The van der Waals surface area contributed by atoms with Crippen LogP contribution in [0.15, 0.2) is 18.2 Å². The van der Waals surface area contributed by atoms with Gasteiger partial charge in [-0.05, 0) is 43.1 Å². The zero-order valence-corrected chi connectivity index (χ0v) is 11.4. The number of fused-ring (bicyclic) bond motifs is 1. The van der Waals surface area contributed by atoms with Crippen LogP contribution in [0.3, 0.4) is 0 Å². The van der Waals surface area contributed by atoms with Crippen molar-refractivity contribution >= 4 is 11.6 Å². The minimum absolute atomic E-state index is 0.178. The molecule has 0 amide bonds. The number of ether oxygens (including phenoxy) is 1. The van der Waals surface area contributed by atoms with Crippen LogP contribution < -0.4 is 10.1 Å². The largest absolute Gasteiger partial charge is 0.488 e. The summed E-state index contributed by atoms with van der Waals surface area (Å²) in [6, 6.07) is 5.75. The first-order chi connectivity index (χ1) is 8.69. The number of rotatable bonds is 6. The molecule has 0 spiro atoms. The van der Waals surface area contributed by atoms with Gasteiger partial charge in [-0.15, -0.1) is 0 Å². The molecule has 2 N–H and O–H groups in total. The first kappa shape index (κ1) is 13.7. The van der Waals surface area contributed by atoms with Crippen molar-refractivity contribution in [3.05, 3.63) is 28.8 Å². The van der Waals surface area contributed by atoms with Gasteiger partial charge in [-0.3, -0.25) is 0 Å². The predicted octanol–water partition coefficient (Wildman–Crippen LogP) is 2.39. The monoisotopic (exact) mass is 269 g/mol. The summed E-state index contributed by atoms with van der Waals surface area (Å²) in [6.45, 7) is 3.62. The van der Waals surface area contributed by atoms with Gasteiger partial charge in [0.1, 0.15) is 11.9 Å². The third-order valence-corrected chi connectivity index (χ3v) is 3.50. The number of aliphatic hydroxyl groups excluding tert-OH is 1. The molecule has 0 aliphatic carbocycles. The molecule has 3 nitrogen and oxygen atoms in total. The van der Waals surface area contributed by atoms with Crippen LogP contribution in [0.5, 0.6) is 5.75 Å². The van der Waals surface area contributed by atoms with Crippen molar-refractivity contribution in [2.24, 2.45) is 0 Å². The fraction of sp³-hybridized carbons (Fsp3) is 0.571. The predicted molar refractivity (Wildman–Crippen MR) is 73.4 cm³/mol. The second kappa shape index (κ2) is 6.41. The number of halogens is 1. The van der Waals surface area contributed by atoms with Gasteiger partial charge in [-0.25, -0.2) is 0 Å². The summed E-state index contributed by atoms with van der Waals surface area (Å²) in [7, 11) is 0. The molecule has 1 aromatic carbocycles. The summed E-state index contributed by atoms with van der Waals surface area (Å²) in [5, 5.41) is 13.5. The normalized spacial score (nSPS) is 19.4. The van der Waals surface area contributed by atoms with Crippen LogP contribution in [0.25, 0.3) is 0 Å². The van der Waals surface area contributed by atoms with Crippen molar-refractivity contribution < 1.29 is 9.84 Å². The molecule has 100 valence electrons. The van der Waals surface area contributed by atoms with Gasteiger partial charge in [0.2, 0.25) is 0 Å². The lowest BCUT2D eigenvalue weighted by Crippen LogP contribution is -2.31. The van der Waals surface area contributed by atoms with Crippen LogP contribution in [0.1, 0.15) is 25.3 Å². The lowest BCUT2D eigenvalue weighted by molar-refractivity contribution is 0.157. The van der Waals surface area contributed by atoms with Crippen molar-refractivity contribution in [3.63, 3.8) is 0 Å². The molecule has 0 saturated heterocycles. The maximum absolute atomic E-state index is 9.44. The molecule has 1 heterocycles. The highest BCUT2D eigenvalue weighted by Crippen LogP contribution is 2.30. The maximum atomic E-state index is 9.44. The summed E-state index contributed by atoms with van der Waals surface area (Å²) >= 11 is 5.95. The highest BCUT2D eigenvalue weighted by molar-refractivity contribution is 6.30. The number of benzene rings is 1. The average molecular weight is 270 g/mol. The standard InChI is InChI=1S/C14H20ClNO2/c1-2-12(17)5-6-16-9-13-8-10-7-11(15)3-4-14(10)18-13/h3-4,7,12-13,16-17H,2,5-6,8-9H2,1H3. The summed E-state index contributed by atoms with van der Waals surface area (Å²) in [4.78, 5) is 0. The molecule has 0 fully saturated rings. The van der Waals surface area contributed by atoms with E-state index in [2.05, 4.69) is 5.32 Å². The van der Waals surface area contributed by atoms with Crippen molar-refractivity contribution in [1.29, 1.82) is 0 Å². The van der Waals surface area contributed by atoms with Crippen LogP contribution in [0.2, 0.25) is 5.02 Å². The van der Waals surface area contributed by atoms with Gasteiger partial charge in [-0.1, -0.05) is 18.5 Å². The average Bonchev–Trinajstić information content (AvgIpc) is 2.76. The van der Waals surface area contributed by atoms with Crippen LogP contribution >= 0.6 is 11.6 Å². The van der Waals surface area contributed by atoms with E-state index in [-0.39, 0.29) is 12.2 Å². The first-order valence-corrected chi connectivity index (χ1v) is 6.90. The van der Waals surface area contributed by atoms with E-state index in [1.807, 2.05) is 25.1 Å². The molecule has 18 heavy (non-hydrogen) atoms. The third-order valence-electron chi connectivity index (χ3n) is 3.26. The molecule has 4 heteroatoms. The lowest BCUT2D eigenvalue weighted by atomic mass is 10.1. The molecule has 1 aliphatic heterocycles. The maximum Gasteiger partial charge on any atom is 0.123 e. The van der Waals surface area contributed by atoms with Crippen LogP contribution in [-0.2, 0) is 6.42 Å². The zero-order chi connectivity index (χ0) is 13.0. The van der Waals surface area contributed by atoms with Crippen molar-refractivity contribution in [3.8, 4) is 5.75 Å². The van der Waals surface area contributed by atoms with Gasteiger partial charge in [0, 0.05) is 18.0 Å². The van der Waals surface area contributed by atoms with Crippen molar-refractivity contribution in [1.82, 2.24) is 5.32 Å². The number of nitrogens with one attached hydrogen (secondary N) is 1. The Morgan fingerprint density at radius 1 is 1.56 bits per heavy atom. The van der Waals surface area contributed by atoms with E-state index >= 15 is 0 Å². The fourth-order valence-electron chi connectivity index (χ4n) is 2.14. The van der Waals surface area contributed by atoms with E-state index in [1.165, 1.54) is 5.56 Å².